The molecule has 1 aliphatic carbocycles. The van der Waals surface area contributed by atoms with Crippen molar-refractivity contribution in [3.63, 3.8) is 0 Å². The number of rotatable bonds is 1. The highest BCUT2D eigenvalue weighted by Crippen LogP contribution is 2.33. The highest BCUT2D eigenvalue weighted by atomic mass is 19.3. The van der Waals surface area contributed by atoms with Gasteiger partial charge in [-0.1, -0.05) is 0 Å². The van der Waals surface area contributed by atoms with Crippen LogP contribution in [0.5, 0.6) is 0 Å². The maximum absolute atomic E-state index is 12.7. The topological polar surface area (TPSA) is 26.0 Å². The predicted octanol–water partition coefficient (Wildman–Crippen LogP) is 2.16. The summed E-state index contributed by atoms with van der Waals surface area (Å²) >= 11 is 0. The lowest BCUT2D eigenvalue weighted by molar-refractivity contribution is -0.0147. The Hall–Kier alpha value is -0.180. The van der Waals surface area contributed by atoms with Gasteiger partial charge in [-0.15, -0.1) is 0 Å². The van der Waals surface area contributed by atoms with Crippen LogP contribution in [0.2, 0.25) is 0 Å². The van der Waals surface area contributed by atoms with Crippen molar-refractivity contribution in [2.75, 3.05) is 6.54 Å². The van der Waals surface area contributed by atoms with E-state index in [1.165, 1.54) is 0 Å². The normalized spacial score (nSPS) is 31.4. The molecule has 0 bridgehead atoms. The molecule has 1 saturated carbocycles. The minimum atomic E-state index is -2.41. The Morgan fingerprint density at radius 2 is 2.00 bits per heavy atom. The van der Waals surface area contributed by atoms with Gasteiger partial charge in [-0.05, 0) is 31.7 Å². The van der Waals surface area contributed by atoms with Gasteiger partial charge in [0.15, 0.2) is 0 Å². The van der Waals surface area contributed by atoms with Crippen LogP contribution in [0, 0.1) is 5.92 Å². The van der Waals surface area contributed by atoms with E-state index in [-0.39, 0.29) is 12.8 Å². The van der Waals surface area contributed by atoms with Gasteiger partial charge in [-0.25, -0.2) is 8.78 Å². The van der Waals surface area contributed by atoms with E-state index < -0.39 is 5.92 Å². The third kappa shape index (κ3) is 2.73. The number of halogens is 2. The van der Waals surface area contributed by atoms with Crippen LogP contribution < -0.4 is 5.73 Å². The first-order valence-corrected chi connectivity index (χ1v) is 4.22. The summed E-state index contributed by atoms with van der Waals surface area (Å²) in [6, 6.07) is 0. The molecule has 3 heteroatoms. The first kappa shape index (κ1) is 8.91. The lowest BCUT2D eigenvalue weighted by atomic mass is 10.0. The second-order valence-corrected chi connectivity index (χ2v) is 3.39. The number of hydrogen-bond donors (Lipinski definition) is 1. The first-order chi connectivity index (χ1) is 5.14. The second-order valence-electron chi connectivity index (χ2n) is 3.39. The second kappa shape index (κ2) is 3.48. The van der Waals surface area contributed by atoms with Crippen molar-refractivity contribution in [3.05, 3.63) is 0 Å². The van der Waals surface area contributed by atoms with Crippen LogP contribution in [0.1, 0.15) is 32.1 Å². The van der Waals surface area contributed by atoms with E-state index in [0.29, 0.717) is 25.3 Å². The maximum atomic E-state index is 12.7. The van der Waals surface area contributed by atoms with E-state index in [4.69, 9.17) is 5.73 Å². The highest BCUT2D eigenvalue weighted by Gasteiger charge is 2.31. The molecule has 66 valence electrons. The molecule has 1 aliphatic rings. The average Bonchev–Trinajstić information content (AvgIpc) is 2.10. The van der Waals surface area contributed by atoms with Crippen molar-refractivity contribution in [2.24, 2.45) is 11.7 Å². The molecule has 0 aromatic heterocycles. The highest BCUT2D eigenvalue weighted by molar-refractivity contribution is 4.75. The van der Waals surface area contributed by atoms with Crippen molar-refractivity contribution < 1.29 is 8.78 Å². The van der Waals surface area contributed by atoms with E-state index in [1.54, 1.807) is 0 Å². The molecule has 1 rings (SSSR count). The molecule has 1 atom stereocenters. The predicted molar refractivity (Wildman–Crippen MR) is 40.6 cm³/mol. The smallest absolute Gasteiger partial charge is 0.248 e. The van der Waals surface area contributed by atoms with Crippen molar-refractivity contribution in [1.82, 2.24) is 0 Å². The van der Waals surface area contributed by atoms with Crippen molar-refractivity contribution in [2.45, 2.75) is 38.0 Å². The molecule has 11 heavy (non-hydrogen) atoms. The monoisotopic (exact) mass is 163 g/mol. The quantitative estimate of drug-likeness (QED) is 0.589. The van der Waals surface area contributed by atoms with Crippen molar-refractivity contribution in [1.29, 1.82) is 0 Å². The Morgan fingerprint density at radius 3 is 2.64 bits per heavy atom. The third-order valence-electron chi connectivity index (χ3n) is 2.41. The Bertz CT molecular complexity index is 125. The molecule has 0 aromatic carbocycles. The summed E-state index contributed by atoms with van der Waals surface area (Å²) < 4.78 is 25.5. The molecule has 0 spiro atoms. The summed E-state index contributed by atoms with van der Waals surface area (Å²) in [6.45, 7) is 0.566. The zero-order chi connectivity index (χ0) is 8.32. The van der Waals surface area contributed by atoms with Crippen LogP contribution in [0.3, 0.4) is 0 Å². The van der Waals surface area contributed by atoms with Gasteiger partial charge in [0.25, 0.3) is 0 Å². The van der Waals surface area contributed by atoms with E-state index in [2.05, 4.69) is 0 Å². The Morgan fingerprint density at radius 1 is 1.27 bits per heavy atom. The van der Waals surface area contributed by atoms with Gasteiger partial charge in [0.2, 0.25) is 5.92 Å². The van der Waals surface area contributed by atoms with E-state index >= 15 is 0 Å². The summed E-state index contributed by atoms with van der Waals surface area (Å²) in [5.41, 5.74) is 5.42. The summed E-state index contributed by atoms with van der Waals surface area (Å²) in [5.74, 6) is -2.08. The summed E-state index contributed by atoms with van der Waals surface area (Å²) in [4.78, 5) is 0. The molecule has 0 saturated heterocycles. The molecule has 0 radical (unpaired) electrons. The van der Waals surface area contributed by atoms with Gasteiger partial charge in [0.1, 0.15) is 0 Å². The van der Waals surface area contributed by atoms with Crippen molar-refractivity contribution >= 4 is 0 Å². The largest absolute Gasteiger partial charge is 0.330 e. The standard InChI is InChI=1S/C8H15F2N/c9-8(10)4-1-2-7(6-11)3-5-8/h7H,1-6,11H2. The molecule has 1 nitrogen and oxygen atoms in total. The SMILES string of the molecule is NCC1CCCC(F)(F)CC1. The Balaban J connectivity index is 2.39. The van der Waals surface area contributed by atoms with Crippen LogP contribution in [-0.2, 0) is 0 Å². The Labute approximate surface area is 66.0 Å². The number of nitrogens with two attached hydrogens (primary N) is 1. The Kier molecular flexibility index (Phi) is 2.82. The summed E-state index contributed by atoms with van der Waals surface area (Å²) in [6.07, 6.45) is 2.21. The molecular formula is C8H15F2N. The van der Waals surface area contributed by atoms with Crippen LogP contribution in [0.25, 0.3) is 0 Å². The van der Waals surface area contributed by atoms with E-state index in [0.717, 1.165) is 6.42 Å². The van der Waals surface area contributed by atoms with Crippen LogP contribution >= 0.6 is 0 Å². The first-order valence-electron chi connectivity index (χ1n) is 4.22. The minimum Gasteiger partial charge on any atom is -0.330 e. The average molecular weight is 163 g/mol. The van der Waals surface area contributed by atoms with E-state index in [9.17, 15) is 8.78 Å². The minimum absolute atomic E-state index is 0.0366. The van der Waals surface area contributed by atoms with Crippen molar-refractivity contribution in [3.8, 4) is 0 Å². The molecule has 0 aliphatic heterocycles. The van der Waals surface area contributed by atoms with Gasteiger partial charge in [0.05, 0.1) is 0 Å². The molecular weight excluding hydrogens is 148 g/mol. The molecule has 0 amide bonds. The summed E-state index contributed by atoms with van der Waals surface area (Å²) in [7, 11) is 0. The van der Waals surface area contributed by atoms with Gasteiger partial charge in [-0.3, -0.25) is 0 Å². The lowest BCUT2D eigenvalue weighted by Crippen LogP contribution is -2.16. The maximum Gasteiger partial charge on any atom is 0.248 e. The fourth-order valence-electron chi connectivity index (χ4n) is 1.57. The zero-order valence-corrected chi connectivity index (χ0v) is 6.65. The lowest BCUT2D eigenvalue weighted by Gasteiger charge is -2.12. The summed E-state index contributed by atoms with van der Waals surface area (Å²) in [5, 5.41) is 0. The third-order valence-corrected chi connectivity index (χ3v) is 2.41. The van der Waals surface area contributed by atoms with Gasteiger partial charge in [-0.2, -0.15) is 0 Å². The molecule has 1 unspecified atom stereocenters. The molecule has 1 fully saturated rings. The molecule has 0 heterocycles. The van der Waals surface area contributed by atoms with Crippen LogP contribution in [-0.4, -0.2) is 12.5 Å². The zero-order valence-electron chi connectivity index (χ0n) is 6.65. The number of alkyl halides is 2. The van der Waals surface area contributed by atoms with Crippen LogP contribution in [0.4, 0.5) is 8.78 Å². The molecule has 0 aromatic rings. The van der Waals surface area contributed by atoms with Gasteiger partial charge in [0, 0.05) is 12.8 Å². The number of hydrogen-bond acceptors (Lipinski definition) is 1. The fourth-order valence-corrected chi connectivity index (χ4v) is 1.57. The van der Waals surface area contributed by atoms with Gasteiger partial charge >= 0.3 is 0 Å². The molecule has 2 N–H and O–H groups in total. The fraction of sp³-hybridized carbons (Fsp3) is 1.00. The van der Waals surface area contributed by atoms with Crippen LogP contribution in [0.15, 0.2) is 0 Å². The van der Waals surface area contributed by atoms with Gasteiger partial charge < -0.3 is 5.73 Å². The van der Waals surface area contributed by atoms with E-state index in [1.807, 2.05) is 0 Å².